The Morgan fingerprint density at radius 1 is 1.85 bits per heavy atom. The van der Waals surface area contributed by atoms with Crippen LogP contribution in [-0.4, -0.2) is 32.8 Å². The number of nitrogens with one attached hydrogen (secondary N) is 2. The molecule has 0 bridgehead atoms. The van der Waals surface area contributed by atoms with Gasteiger partial charge >= 0.3 is 0 Å². The zero-order chi connectivity index (χ0) is 9.68. The molecule has 0 aliphatic carbocycles. The molecule has 1 rings (SSSR count). The van der Waals surface area contributed by atoms with Crippen molar-refractivity contribution in [1.29, 1.82) is 0 Å². The molecule has 1 unspecified atom stereocenters. The van der Waals surface area contributed by atoms with Crippen LogP contribution in [0.2, 0.25) is 0 Å². The van der Waals surface area contributed by atoms with E-state index >= 15 is 0 Å². The average molecular weight is 184 g/mol. The van der Waals surface area contributed by atoms with Gasteiger partial charge in [-0.15, -0.1) is 0 Å². The molecule has 1 heterocycles. The highest BCUT2D eigenvalue weighted by Crippen LogP contribution is 2.04. The van der Waals surface area contributed by atoms with E-state index in [-0.39, 0.29) is 18.4 Å². The number of aromatic amines is 1. The number of carbonyl (C=O) groups excluding carboxylic acids is 1. The summed E-state index contributed by atoms with van der Waals surface area (Å²) in [6.07, 6.45) is 1.89. The minimum Gasteiger partial charge on any atom is -0.396 e. The van der Waals surface area contributed by atoms with Crippen molar-refractivity contribution in [3.05, 3.63) is 6.33 Å². The van der Waals surface area contributed by atoms with Gasteiger partial charge in [0.1, 0.15) is 6.33 Å². The number of aliphatic hydroxyl groups is 1. The second-order valence-electron chi connectivity index (χ2n) is 2.61. The zero-order valence-corrected chi connectivity index (χ0v) is 7.32. The van der Waals surface area contributed by atoms with E-state index < -0.39 is 0 Å². The van der Waals surface area contributed by atoms with E-state index in [1.807, 2.05) is 6.92 Å². The summed E-state index contributed by atoms with van der Waals surface area (Å²) in [6, 6.07) is 0. The largest absolute Gasteiger partial charge is 0.396 e. The third-order valence-electron chi connectivity index (χ3n) is 1.74. The molecule has 0 fully saturated rings. The van der Waals surface area contributed by atoms with Crippen LogP contribution in [0, 0.1) is 5.92 Å². The van der Waals surface area contributed by atoms with Crippen molar-refractivity contribution >= 4 is 11.9 Å². The molecule has 6 heteroatoms. The molecule has 1 aromatic rings. The van der Waals surface area contributed by atoms with Gasteiger partial charge in [-0.25, -0.2) is 5.10 Å². The molecule has 1 atom stereocenters. The highest BCUT2D eigenvalue weighted by atomic mass is 16.3. The minimum atomic E-state index is -0.384. The van der Waals surface area contributed by atoms with E-state index in [1.165, 1.54) is 6.33 Å². The van der Waals surface area contributed by atoms with Crippen LogP contribution in [0.25, 0.3) is 0 Å². The summed E-state index contributed by atoms with van der Waals surface area (Å²) in [5.41, 5.74) is 0. The lowest BCUT2D eigenvalue weighted by Crippen LogP contribution is -2.25. The van der Waals surface area contributed by atoms with Crippen molar-refractivity contribution in [2.24, 2.45) is 5.92 Å². The van der Waals surface area contributed by atoms with Gasteiger partial charge in [0.05, 0.1) is 12.5 Å². The minimum absolute atomic E-state index is 0.156. The number of aliphatic hydroxyl groups excluding tert-OH is 1. The number of carbonyl (C=O) groups is 1. The molecule has 0 spiro atoms. The van der Waals surface area contributed by atoms with Crippen LogP contribution in [0.15, 0.2) is 6.33 Å². The Balaban J connectivity index is 2.49. The molecule has 0 aromatic carbocycles. The second-order valence-corrected chi connectivity index (χ2v) is 2.61. The highest BCUT2D eigenvalue weighted by Gasteiger charge is 2.15. The molecular weight excluding hydrogens is 172 g/mol. The molecule has 0 aliphatic rings. The van der Waals surface area contributed by atoms with E-state index in [0.717, 1.165) is 0 Å². The average Bonchev–Trinajstić information content (AvgIpc) is 2.59. The Labute approximate surface area is 75.4 Å². The first-order chi connectivity index (χ1) is 6.27. The molecule has 6 nitrogen and oxygen atoms in total. The summed E-state index contributed by atoms with van der Waals surface area (Å²) in [5.74, 6) is -0.330. The van der Waals surface area contributed by atoms with E-state index in [2.05, 4.69) is 20.5 Å². The smallest absolute Gasteiger partial charge is 0.232 e. The first kappa shape index (κ1) is 9.66. The molecule has 13 heavy (non-hydrogen) atoms. The number of hydrogen-bond donors (Lipinski definition) is 3. The maximum absolute atomic E-state index is 11.3. The summed E-state index contributed by atoms with van der Waals surface area (Å²) in [4.78, 5) is 15.0. The maximum atomic E-state index is 11.3. The standard InChI is InChI=1S/C7H12N4O2/c1-2-5(3-12)6(13)10-7-8-4-9-11-7/h4-5,12H,2-3H2,1H3,(H2,8,9,10,11,13). The molecule has 1 aromatic heterocycles. The fourth-order valence-corrected chi connectivity index (χ4v) is 0.882. The van der Waals surface area contributed by atoms with Crippen LogP contribution in [0.5, 0.6) is 0 Å². The van der Waals surface area contributed by atoms with Gasteiger partial charge in [-0.1, -0.05) is 6.92 Å². The lowest BCUT2D eigenvalue weighted by molar-refractivity contribution is -0.121. The first-order valence-corrected chi connectivity index (χ1v) is 4.05. The number of aromatic nitrogens is 3. The molecular formula is C7H12N4O2. The summed E-state index contributed by atoms with van der Waals surface area (Å²) < 4.78 is 0. The quantitative estimate of drug-likeness (QED) is 0.602. The van der Waals surface area contributed by atoms with Gasteiger partial charge in [0.25, 0.3) is 0 Å². The molecule has 72 valence electrons. The molecule has 0 radical (unpaired) electrons. The van der Waals surface area contributed by atoms with Gasteiger partial charge in [0.15, 0.2) is 0 Å². The summed E-state index contributed by atoms with van der Waals surface area (Å²) in [5, 5.41) is 17.4. The van der Waals surface area contributed by atoms with Crippen molar-refractivity contribution < 1.29 is 9.90 Å². The molecule has 0 aliphatic heterocycles. The van der Waals surface area contributed by atoms with Crippen LogP contribution in [0.1, 0.15) is 13.3 Å². The fourth-order valence-electron chi connectivity index (χ4n) is 0.882. The Kier molecular flexibility index (Phi) is 3.39. The fraction of sp³-hybridized carbons (Fsp3) is 0.571. The zero-order valence-electron chi connectivity index (χ0n) is 7.32. The monoisotopic (exact) mass is 184 g/mol. The number of rotatable bonds is 4. The lowest BCUT2D eigenvalue weighted by atomic mass is 10.1. The van der Waals surface area contributed by atoms with Crippen LogP contribution in [0.3, 0.4) is 0 Å². The van der Waals surface area contributed by atoms with Gasteiger partial charge < -0.3 is 5.11 Å². The summed E-state index contributed by atoms with van der Waals surface area (Å²) >= 11 is 0. The number of H-pyrrole nitrogens is 1. The van der Waals surface area contributed by atoms with Crippen molar-refractivity contribution in [2.75, 3.05) is 11.9 Å². The van der Waals surface area contributed by atoms with E-state index in [9.17, 15) is 4.79 Å². The van der Waals surface area contributed by atoms with E-state index in [1.54, 1.807) is 0 Å². The van der Waals surface area contributed by atoms with Crippen molar-refractivity contribution in [2.45, 2.75) is 13.3 Å². The Morgan fingerprint density at radius 3 is 3.08 bits per heavy atom. The molecule has 0 saturated carbocycles. The SMILES string of the molecule is CCC(CO)C(=O)Nc1ncn[nH]1. The summed E-state index contributed by atoms with van der Waals surface area (Å²) in [7, 11) is 0. The number of nitrogens with zero attached hydrogens (tertiary/aromatic N) is 2. The number of amides is 1. The van der Waals surface area contributed by atoms with Crippen molar-refractivity contribution in [3.8, 4) is 0 Å². The lowest BCUT2D eigenvalue weighted by Gasteiger charge is -2.09. The predicted octanol–water partition coefficient (Wildman–Crippen LogP) is -0.238. The molecule has 3 N–H and O–H groups in total. The van der Waals surface area contributed by atoms with Gasteiger partial charge in [-0.05, 0) is 6.42 Å². The first-order valence-electron chi connectivity index (χ1n) is 4.05. The van der Waals surface area contributed by atoms with Gasteiger partial charge in [-0.2, -0.15) is 10.1 Å². The van der Waals surface area contributed by atoms with Gasteiger partial charge in [-0.3, -0.25) is 10.1 Å². The predicted molar refractivity (Wildman–Crippen MR) is 45.9 cm³/mol. The third-order valence-corrected chi connectivity index (χ3v) is 1.74. The van der Waals surface area contributed by atoms with Gasteiger partial charge in [0, 0.05) is 0 Å². The Morgan fingerprint density at radius 2 is 2.62 bits per heavy atom. The van der Waals surface area contributed by atoms with E-state index in [4.69, 9.17) is 5.11 Å². The molecule has 0 saturated heterocycles. The Hall–Kier alpha value is -1.43. The highest BCUT2D eigenvalue weighted by molar-refractivity contribution is 5.90. The van der Waals surface area contributed by atoms with Crippen LogP contribution in [-0.2, 0) is 4.79 Å². The topological polar surface area (TPSA) is 90.9 Å². The van der Waals surface area contributed by atoms with Crippen molar-refractivity contribution in [1.82, 2.24) is 15.2 Å². The third kappa shape index (κ3) is 2.51. The number of anilines is 1. The number of hydrogen-bond acceptors (Lipinski definition) is 4. The second kappa shape index (κ2) is 4.56. The van der Waals surface area contributed by atoms with Crippen molar-refractivity contribution in [3.63, 3.8) is 0 Å². The normalized spacial score (nSPS) is 12.5. The van der Waals surface area contributed by atoms with Crippen LogP contribution in [0.4, 0.5) is 5.95 Å². The van der Waals surface area contributed by atoms with Crippen LogP contribution >= 0.6 is 0 Å². The molecule has 1 amide bonds. The summed E-state index contributed by atoms with van der Waals surface area (Å²) in [6.45, 7) is 1.68. The van der Waals surface area contributed by atoms with E-state index in [0.29, 0.717) is 12.4 Å². The maximum Gasteiger partial charge on any atom is 0.232 e. The Bertz CT molecular complexity index is 255. The van der Waals surface area contributed by atoms with Gasteiger partial charge in [0.2, 0.25) is 11.9 Å². The van der Waals surface area contributed by atoms with Crippen LogP contribution < -0.4 is 5.32 Å².